The second-order valence-corrected chi connectivity index (χ2v) is 16.0. The second-order valence-electron chi connectivity index (χ2n) is 15.1. The summed E-state index contributed by atoms with van der Waals surface area (Å²) in [4.78, 5) is 28.7. The van der Waals surface area contributed by atoms with Crippen molar-refractivity contribution >= 4 is 35.0 Å². The first kappa shape index (κ1) is 44.1. The molecule has 61 heavy (non-hydrogen) atoms. The number of piperidine rings is 2. The second kappa shape index (κ2) is 20.2. The number of nitriles is 3. The van der Waals surface area contributed by atoms with E-state index in [4.69, 9.17) is 37.9 Å². The number of carbonyl (C=O) groups is 2. The minimum atomic E-state index is -0.570. The average molecular weight is 865 g/mol. The van der Waals surface area contributed by atoms with Crippen LogP contribution in [0.5, 0.6) is 11.5 Å². The normalized spacial score (nSPS) is 15.2. The van der Waals surface area contributed by atoms with Gasteiger partial charge in [-0.25, -0.2) is 8.78 Å². The summed E-state index contributed by atoms with van der Waals surface area (Å²) in [6.07, 6.45) is 4.90. The van der Waals surface area contributed by atoms with Crippen molar-refractivity contribution in [3.05, 3.63) is 136 Å². The molecule has 0 atom stereocenters. The van der Waals surface area contributed by atoms with E-state index in [0.717, 1.165) is 22.4 Å². The van der Waals surface area contributed by atoms with Gasteiger partial charge in [0.2, 0.25) is 0 Å². The number of benzene rings is 4. The van der Waals surface area contributed by atoms with Gasteiger partial charge in [-0.3, -0.25) is 14.7 Å². The molecule has 0 bridgehead atoms. The van der Waals surface area contributed by atoms with Gasteiger partial charge in [0, 0.05) is 48.0 Å². The Morgan fingerprint density at radius 3 is 1.57 bits per heavy atom. The number of ether oxygens (including phenoxy) is 2. The molecular weight excluding hydrogens is 823 g/mol. The summed E-state index contributed by atoms with van der Waals surface area (Å²) in [5.74, 6) is -0.0883. The Morgan fingerprint density at radius 1 is 0.672 bits per heavy atom. The number of halogens is 4. The highest BCUT2D eigenvalue weighted by molar-refractivity contribution is 6.31. The Labute approximate surface area is 362 Å². The molecule has 11 nitrogen and oxygen atoms in total. The number of aromatic nitrogens is 2. The zero-order valence-electron chi connectivity index (χ0n) is 33.1. The van der Waals surface area contributed by atoms with Crippen molar-refractivity contribution in [2.45, 2.75) is 38.5 Å². The fourth-order valence-corrected chi connectivity index (χ4v) is 7.78. The maximum atomic E-state index is 13.2. The lowest BCUT2D eigenvalue weighted by atomic mass is 9.75. The molecule has 2 aliphatic heterocycles. The van der Waals surface area contributed by atoms with Crippen LogP contribution in [0, 0.1) is 56.5 Å². The predicted molar refractivity (Wildman–Crippen MR) is 224 cm³/mol. The largest absolute Gasteiger partial charge is 0.483 e. The lowest BCUT2D eigenvalue weighted by molar-refractivity contribution is -0.136. The number of nitrogens with zero attached hydrogens (tertiary/aromatic N) is 6. The first-order valence-electron chi connectivity index (χ1n) is 19.5. The Bertz CT molecular complexity index is 2430. The van der Waals surface area contributed by atoms with Crippen LogP contribution in [-0.4, -0.2) is 71.2 Å². The standard InChI is InChI=1S/C24H22ClFN4O2.C22H19ClFN3O2/c25-18-3-6-22(20(13-18)21-7-10-28-29-21)32-15-23(31)30-11-8-24(16-27,9-12-30)14-17-1-4-19(26)5-2-17;23-18-3-6-20(17(11-18)13-25)29-14-21(28)27-9-7-22(15-26,8-10-27)12-16-1-4-19(24)5-2-16/h1-7,10,13H,8-9,11-12,14-15H2,(H,28,29);1-6,11H,7-10,12,14H2. The smallest absolute Gasteiger partial charge is 0.260 e. The van der Waals surface area contributed by atoms with Crippen molar-refractivity contribution in [3.8, 4) is 41.0 Å². The number of nitrogens with one attached hydrogen (secondary N) is 1. The van der Waals surface area contributed by atoms with Crippen molar-refractivity contribution in [3.63, 3.8) is 0 Å². The first-order chi connectivity index (χ1) is 29.4. The van der Waals surface area contributed by atoms with Crippen molar-refractivity contribution in [1.29, 1.82) is 15.8 Å². The van der Waals surface area contributed by atoms with Crippen molar-refractivity contribution < 1.29 is 27.8 Å². The maximum Gasteiger partial charge on any atom is 0.260 e. The maximum absolute atomic E-state index is 13.2. The molecule has 5 aromatic rings. The number of aromatic amines is 1. The molecule has 2 saturated heterocycles. The number of amides is 2. The summed E-state index contributed by atoms with van der Waals surface area (Å²) in [6.45, 7) is 1.55. The van der Waals surface area contributed by atoms with Gasteiger partial charge in [-0.1, -0.05) is 47.5 Å². The van der Waals surface area contributed by atoms with Crippen molar-refractivity contribution in [2.75, 3.05) is 39.4 Å². The SMILES string of the molecule is N#CC1(Cc2ccc(F)cc2)CCN(C(=O)COc2ccc(Cl)cc2-c2ccn[nH]2)CC1.N#Cc1cc(Cl)ccc1OCC(=O)N1CCC(C#N)(Cc2ccc(F)cc2)CC1. The van der Waals surface area contributed by atoms with E-state index in [1.54, 1.807) is 76.7 Å². The summed E-state index contributed by atoms with van der Waals surface area (Å²) in [7, 11) is 0. The van der Waals surface area contributed by atoms with E-state index in [-0.39, 0.29) is 42.2 Å². The van der Waals surface area contributed by atoms with E-state index in [1.807, 2.05) is 6.07 Å². The average Bonchev–Trinajstić information content (AvgIpc) is 3.83. The van der Waals surface area contributed by atoms with Crippen LogP contribution < -0.4 is 9.47 Å². The topological polar surface area (TPSA) is 159 Å². The molecule has 15 heteroatoms. The zero-order valence-corrected chi connectivity index (χ0v) is 34.6. The molecular formula is C46H41Cl2F2N7O4. The quantitative estimate of drug-likeness (QED) is 0.138. The van der Waals surface area contributed by atoms with E-state index in [1.165, 1.54) is 30.3 Å². The van der Waals surface area contributed by atoms with E-state index < -0.39 is 10.8 Å². The van der Waals surface area contributed by atoms with Crippen molar-refractivity contribution in [1.82, 2.24) is 20.0 Å². The summed E-state index contributed by atoms with van der Waals surface area (Å²) in [5.41, 5.74) is 2.44. The fourth-order valence-electron chi connectivity index (χ4n) is 7.43. The minimum absolute atomic E-state index is 0.111. The lowest BCUT2D eigenvalue weighted by Crippen LogP contribution is -2.45. The third kappa shape index (κ3) is 11.6. The molecule has 2 aliphatic rings. The summed E-state index contributed by atoms with van der Waals surface area (Å²) in [6, 6.07) is 30.9. The number of carbonyl (C=O) groups excluding carboxylic acids is 2. The van der Waals surface area contributed by atoms with Gasteiger partial charge < -0.3 is 19.3 Å². The molecule has 4 aromatic carbocycles. The highest BCUT2D eigenvalue weighted by atomic mass is 35.5. The molecule has 2 amide bonds. The molecule has 312 valence electrons. The van der Waals surface area contributed by atoms with Gasteiger partial charge >= 0.3 is 0 Å². The van der Waals surface area contributed by atoms with E-state index in [0.29, 0.717) is 86.2 Å². The molecule has 0 unspecified atom stereocenters. The van der Waals surface area contributed by atoms with Crippen LogP contribution in [-0.2, 0) is 22.4 Å². The molecule has 7 rings (SSSR count). The monoisotopic (exact) mass is 863 g/mol. The molecule has 3 heterocycles. The van der Waals surface area contributed by atoms with Crippen LogP contribution in [0.3, 0.4) is 0 Å². The molecule has 0 aliphatic carbocycles. The predicted octanol–water partition coefficient (Wildman–Crippen LogP) is 8.73. The van der Waals surface area contributed by atoms with E-state index in [9.17, 15) is 28.9 Å². The number of likely N-dealkylation sites (tertiary alicyclic amines) is 2. The Morgan fingerprint density at radius 2 is 1.13 bits per heavy atom. The van der Waals surface area contributed by atoms with E-state index in [2.05, 4.69) is 22.3 Å². The van der Waals surface area contributed by atoms with Gasteiger partial charge in [-0.05, 0) is 116 Å². The van der Waals surface area contributed by atoms with Crippen molar-refractivity contribution in [2.24, 2.45) is 10.8 Å². The number of rotatable bonds is 11. The molecule has 2 fully saturated rings. The Balaban J connectivity index is 0.000000205. The third-order valence-corrected chi connectivity index (χ3v) is 11.5. The van der Waals surface area contributed by atoms with Gasteiger partial charge in [0.25, 0.3) is 11.8 Å². The van der Waals surface area contributed by atoms with E-state index >= 15 is 0 Å². The van der Waals surface area contributed by atoms with Gasteiger partial charge in [-0.15, -0.1) is 0 Å². The minimum Gasteiger partial charge on any atom is -0.483 e. The number of H-pyrrole nitrogens is 1. The first-order valence-corrected chi connectivity index (χ1v) is 20.3. The summed E-state index contributed by atoms with van der Waals surface area (Å²) >= 11 is 12.0. The molecule has 0 spiro atoms. The van der Waals surface area contributed by atoms with Gasteiger partial charge in [0.05, 0.1) is 34.2 Å². The zero-order chi connectivity index (χ0) is 43.4. The summed E-state index contributed by atoms with van der Waals surface area (Å²) in [5, 5.41) is 36.5. The van der Waals surface area contributed by atoms with Crippen LogP contribution in [0.2, 0.25) is 10.0 Å². The fraction of sp³-hybridized carbons (Fsp3) is 0.304. The Hall–Kier alpha value is -6.46. The molecule has 0 radical (unpaired) electrons. The van der Waals surface area contributed by atoms with Crippen LogP contribution in [0.1, 0.15) is 42.4 Å². The van der Waals surface area contributed by atoms with Crippen LogP contribution >= 0.6 is 23.2 Å². The molecule has 1 aromatic heterocycles. The van der Waals surface area contributed by atoms with Gasteiger partial charge in [-0.2, -0.15) is 20.9 Å². The number of hydrogen-bond donors (Lipinski definition) is 1. The van der Waals surface area contributed by atoms with Gasteiger partial charge in [0.1, 0.15) is 29.2 Å². The number of hydrogen-bond acceptors (Lipinski definition) is 8. The summed E-state index contributed by atoms with van der Waals surface area (Å²) < 4.78 is 37.6. The Kier molecular flexibility index (Phi) is 14.6. The molecule has 0 saturated carbocycles. The lowest BCUT2D eigenvalue weighted by Gasteiger charge is -2.37. The molecule has 1 N–H and O–H groups in total. The highest BCUT2D eigenvalue weighted by Crippen LogP contribution is 2.37. The van der Waals surface area contributed by atoms with Gasteiger partial charge in [0.15, 0.2) is 13.2 Å². The third-order valence-electron chi connectivity index (χ3n) is 11.0. The van der Waals surface area contributed by atoms with Crippen LogP contribution in [0.25, 0.3) is 11.3 Å². The van der Waals surface area contributed by atoms with Crippen LogP contribution in [0.4, 0.5) is 8.78 Å². The van der Waals surface area contributed by atoms with Crippen LogP contribution in [0.15, 0.2) is 97.2 Å². The highest BCUT2D eigenvalue weighted by Gasteiger charge is 2.37.